The van der Waals surface area contributed by atoms with Crippen LogP contribution in [-0.2, 0) is 0 Å². The van der Waals surface area contributed by atoms with Gasteiger partial charge in [-0.1, -0.05) is 11.6 Å². The third kappa shape index (κ3) is 1.66. The van der Waals surface area contributed by atoms with Crippen molar-refractivity contribution < 1.29 is 4.39 Å². The van der Waals surface area contributed by atoms with Gasteiger partial charge in [-0.15, -0.1) is 10.2 Å². The first-order valence-electron chi connectivity index (χ1n) is 4.22. The predicted octanol–water partition coefficient (Wildman–Crippen LogP) is 1.76. The van der Waals surface area contributed by atoms with E-state index in [1.54, 1.807) is 13.0 Å². The minimum atomic E-state index is -0.471. The van der Waals surface area contributed by atoms with Gasteiger partial charge in [0.1, 0.15) is 11.6 Å². The van der Waals surface area contributed by atoms with Crippen LogP contribution in [0.4, 0.5) is 4.39 Å². The molecule has 2 aromatic rings. The Morgan fingerprint density at radius 2 is 2.13 bits per heavy atom. The molecular weight excluding hydrogens is 219 g/mol. The summed E-state index contributed by atoms with van der Waals surface area (Å²) in [5.74, 6) is 5.96. The minimum Gasteiger partial charge on any atom is -0.336 e. The maximum absolute atomic E-state index is 13.5. The highest BCUT2D eigenvalue weighted by atomic mass is 35.5. The van der Waals surface area contributed by atoms with Crippen LogP contribution < -0.4 is 5.84 Å². The van der Waals surface area contributed by atoms with Gasteiger partial charge in [0.15, 0.2) is 5.82 Å². The smallest absolute Gasteiger partial charge is 0.185 e. The lowest BCUT2D eigenvalue weighted by Gasteiger charge is -2.03. The van der Waals surface area contributed by atoms with Crippen LogP contribution in [0, 0.1) is 12.7 Å². The fraction of sp³-hybridized carbons (Fsp3) is 0.111. The van der Waals surface area contributed by atoms with Crippen molar-refractivity contribution in [1.29, 1.82) is 0 Å². The zero-order valence-corrected chi connectivity index (χ0v) is 8.66. The maximum atomic E-state index is 13.5. The molecule has 1 aromatic heterocycles. The average molecular weight is 227 g/mol. The number of hydrogen-bond acceptors (Lipinski definition) is 3. The van der Waals surface area contributed by atoms with E-state index >= 15 is 0 Å². The Labute approximate surface area is 90.5 Å². The first kappa shape index (κ1) is 9.92. The molecule has 1 aromatic carbocycles. The van der Waals surface area contributed by atoms with Gasteiger partial charge in [-0.25, -0.2) is 9.07 Å². The second-order valence-electron chi connectivity index (χ2n) is 3.06. The van der Waals surface area contributed by atoms with E-state index in [-0.39, 0.29) is 11.4 Å². The molecular formula is C9H8ClFN4. The second kappa shape index (κ2) is 3.51. The van der Waals surface area contributed by atoms with E-state index in [1.165, 1.54) is 16.8 Å². The molecule has 4 nitrogen and oxygen atoms in total. The van der Waals surface area contributed by atoms with Crippen molar-refractivity contribution >= 4 is 11.6 Å². The van der Waals surface area contributed by atoms with E-state index in [4.69, 9.17) is 17.4 Å². The lowest BCUT2D eigenvalue weighted by Crippen LogP contribution is -2.12. The van der Waals surface area contributed by atoms with E-state index < -0.39 is 5.82 Å². The standard InChI is InChI=1S/C9H8ClFN4/c1-5-13-14-9(15(5)12)7-3-2-6(10)4-8(7)11/h2-4H,12H2,1H3. The summed E-state index contributed by atoms with van der Waals surface area (Å²) in [6, 6.07) is 4.30. The zero-order valence-electron chi connectivity index (χ0n) is 7.91. The zero-order chi connectivity index (χ0) is 11.0. The Morgan fingerprint density at radius 3 is 2.67 bits per heavy atom. The Balaban J connectivity index is 2.59. The summed E-state index contributed by atoms with van der Waals surface area (Å²) >= 11 is 5.64. The molecule has 0 radical (unpaired) electrons. The van der Waals surface area contributed by atoms with Gasteiger partial charge in [-0.05, 0) is 25.1 Å². The van der Waals surface area contributed by atoms with Crippen LogP contribution in [0.25, 0.3) is 11.4 Å². The van der Waals surface area contributed by atoms with E-state index in [0.717, 1.165) is 0 Å². The number of nitrogens with two attached hydrogens (primary N) is 1. The molecule has 6 heteroatoms. The minimum absolute atomic E-state index is 0.279. The van der Waals surface area contributed by atoms with Crippen molar-refractivity contribution in [2.75, 3.05) is 5.84 Å². The number of nitrogens with zero attached hydrogens (tertiary/aromatic N) is 3. The number of halogens is 2. The topological polar surface area (TPSA) is 56.7 Å². The summed E-state index contributed by atoms with van der Waals surface area (Å²) in [6.07, 6.45) is 0. The first-order valence-corrected chi connectivity index (χ1v) is 4.60. The Morgan fingerprint density at radius 1 is 1.40 bits per heavy atom. The van der Waals surface area contributed by atoms with Crippen LogP contribution in [0.3, 0.4) is 0 Å². The average Bonchev–Trinajstić information content (AvgIpc) is 2.49. The van der Waals surface area contributed by atoms with E-state index in [1.807, 2.05) is 0 Å². The van der Waals surface area contributed by atoms with E-state index in [9.17, 15) is 4.39 Å². The van der Waals surface area contributed by atoms with Gasteiger partial charge in [0, 0.05) is 5.02 Å². The molecule has 0 aliphatic heterocycles. The van der Waals surface area contributed by atoms with Crippen molar-refractivity contribution in [2.45, 2.75) is 6.92 Å². The molecule has 0 fully saturated rings. The molecule has 0 saturated carbocycles. The van der Waals surface area contributed by atoms with Gasteiger partial charge in [-0.2, -0.15) is 0 Å². The summed E-state index contributed by atoms with van der Waals surface area (Å²) in [5, 5.41) is 7.86. The van der Waals surface area contributed by atoms with Crippen LogP contribution >= 0.6 is 11.6 Å². The van der Waals surface area contributed by atoms with Gasteiger partial charge in [0.25, 0.3) is 0 Å². The van der Waals surface area contributed by atoms with E-state index in [0.29, 0.717) is 10.8 Å². The summed E-state index contributed by atoms with van der Waals surface area (Å²) < 4.78 is 14.7. The molecule has 15 heavy (non-hydrogen) atoms. The summed E-state index contributed by atoms with van der Waals surface area (Å²) in [4.78, 5) is 0. The van der Waals surface area contributed by atoms with Crippen molar-refractivity contribution in [3.63, 3.8) is 0 Å². The van der Waals surface area contributed by atoms with Crippen LogP contribution in [0.1, 0.15) is 5.82 Å². The molecule has 2 rings (SSSR count). The third-order valence-corrected chi connectivity index (χ3v) is 2.27. The van der Waals surface area contributed by atoms with Crippen LogP contribution in [-0.4, -0.2) is 14.9 Å². The maximum Gasteiger partial charge on any atom is 0.185 e. The van der Waals surface area contributed by atoms with Crippen molar-refractivity contribution in [3.05, 3.63) is 34.9 Å². The molecule has 0 aliphatic rings. The van der Waals surface area contributed by atoms with Gasteiger partial charge < -0.3 is 5.84 Å². The van der Waals surface area contributed by atoms with Crippen molar-refractivity contribution in [2.24, 2.45) is 0 Å². The van der Waals surface area contributed by atoms with Crippen molar-refractivity contribution in [1.82, 2.24) is 14.9 Å². The third-order valence-electron chi connectivity index (χ3n) is 2.04. The van der Waals surface area contributed by atoms with Crippen LogP contribution in [0.15, 0.2) is 18.2 Å². The van der Waals surface area contributed by atoms with Crippen molar-refractivity contribution in [3.8, 4) is 11.4 Å². The molecule has 0 saturated heterocycles. The molecule has 1 heterocycles. The second-order valence-corrected chi connectivity index (χ2v) is 3.50. The molecule has 0 aliphatic carbocycles. The molecule has 78 valence electrons. The Kier molecular flexibility index (Phi) is 2.32. The Bertz CT molecular complexity index is 509. The molecule has 2 N–H and O–H groups in total. The SMILES string of the molecule is Cc1nnc(-c2ccc(Cl)cc2F)n1N. The number of aromatic nitrogens is 3. The monoisotopic (exact) mass is 226 g/mol. The molecule has 0 bridgehead atoms. The molecule has 0 unspecified atom stereocenters. The Hall–Kier alpha value is -1.62. The predicted molar refractivity (Wildman–Crippen MR) is 55.3 cm³/mol. The first-order chi connectivity index (χ1) is 7.09. The fourth-order valence-electron chi connectivity index (χ4n) is 1.22. The summed E-state index contributed by atoms with van der Waals surface area (Å²) in [6.45, 7) is 1.68. The lowest BCUT2D eigenvalue weighted by molar-refractivity contribution is 0.629. The summed E-state index contributed by atoms with van der Waals surface area (Å²) in [7, 11) is 0. The highest BCUT2D eigenvalue weighted by Gasteiger charge is 2.13. The van der Waals surface area contributed by atoms with Gasteiger partial charge in [-0.3, -0.25) is 0 Å². The van der Waals surface area contributed by atoms with Crippen LogP contribution in [0.2, 0.25) is 5.02 Å². The highest BCUT2D eigenvalue weighted by Crippen LogP contribution is 2.23. The highest BCUT2D eigenvalue weighted by molar-refractivity contribution is 6.30. The number of benzene rings is 1. The van der Waals surface area contributed by atoms with Gasteiger partial charge in [0.2, 0.25) is 0 Å². The largest absolute Gasteiger partial charge is 0.336 e. The quantitative estimate of drug-likeness (QED) is 0.754. The number of aryl methyl sites for hydroxylation is 1. The lowest BCUT2D eigenvalue weighted by atomic mass is 10.2. The van der Waals surface area contributed by atoms with Gasteiger partial charge in [0.05, 0.1) is 5.56 Å². The van der Waals surface area contributed by atoms with Gasteiger partial charge >= 0.3 is 0 Å². The number of rotatable bonds is 1. The normalized spacial score (nSPS) is 10.6. The molecule has 0 amide bonds. The number of hydrogen-bond donors (Lipinski definition) is 1. The molecule has 0 spiro atoms. The number of nitrogen functional groups attached to an aromatic ring is 1. The molecule has 0 atom stereocenters. The fourth-order valence-corrected chi connectivity index (χ4v) is 1.38. The summed E-state index contributed by atoms with van der Waals surface area (Å²) in [5.41, 5.74) is 0.280. The van der Waals surface area contributed by atoms with E-state index in [2.05, 4.69) is 10.2 Å². The van der Waals surface area contributed by atoms with Crippen LogP contribution in [0.5, 0.6) is 0 Å².